The molecule has 2 aliphatic heterocycles. The van der Waals surface area contributed by atoms with Crippen LogP contribution in [0.2, 0.25) is 0 Å². The standard InChI is InChI=1S/C73H74BN3/c1-69(2,3)48-31-36-52(37-32-48)75(61-29-21-19-25-55(61)47-23-16-15-17-24-47)54-40-41-59-64(46-54)77(63-30-22-27-57-56-26-18-20-28-58(56)73(13,14)67(57)63)66-45-51(72(10,11)12)44-65-68(66)74(59)60-43-50(71(7,8)9)35-42-62(60)76(65)53-38-33-49(34-39-53)70(4,5)6/h15-46H,1-14H3. The van der Waals surface area contributed by atoms with Gasteiger partial charge in [-0.3, -0.25) is 0 Å². The molecule has 0 saturated heterocycles. The second kappa shape index (κ2) is 17.7. The van der Waals surface area contributed by atoms with Crippen LogP contribution < -0.4 is 31.1 Å². The average molecular weight is 1000 g/mol. The first kappa shape index (κ1) is 50.3. The van der Waals surface area contributed by atoms with Crippen molar-refractivity contribution in [3.8, 4) is 22.3 Å². The van der Waals surface area contributed by atoms with Crippen LogP contribution in [0.4, 0.5) is 51.2 Å². The number of benzene rings is 9. The Labute approximate surface area is 460 Å². The summed E-state index contributed by atoms with van der Waals surface area (Å²) in [6, 6.07) is 74.6. The number of fused-ring (bicyclic) bond motifs is 7. The maximum atomic E-state index is 2.69. The van der Waals surface area contributed by atoms with Gasteiger partial charge in [-0.2, -0.15) is 0 Å². The fourth-order valence-electron chi connectivity index (χ4n) is 12.7. The maximum Gasteiger partial charge on any atom is 0.252 e. The van der Waals surface area contributed by atoms with Crippen molar-refractivity contribution in [2.45, 2.75) is 124 Å². The van der Waals surface area contributed by atoms with Crippen molar-refractivity contribution >= 4 is 74.3 Å². The normalized spacial score (nSPS) is 14.4. The highest BCUT2D eigenvalue weighted by atomic mass is 15.2. The number of anilines is 9. The zero-order valence-electron chi connectivity index (χ0n) is 47.9. The molecule has 12 rings (SSSR count). The number of para-hydroxylation sites is 1. The van der Waals surface area contributed by atoms with Gasteiger partial charge in [0.2, 0.25) is 0 Å². The molecule has 0 bridgehead atoms. The van der Waals surface area contributed by atoms with Gasteiger partial charge < -0.3 is 14.7 Å². The van der Waals surface area contributed by atoms with Crippen molar-refractivity contribution in [3.63, 3.8) is 0 Å². The molecule has 0 aromatic heterocycles. The second-order valence-corrected chi connectivity index (χ2v) is 26.7. The molecule has 0 atom stereocenters. The number of rotatable bonds is 6. The van der Waals surface area contributed by atoms with Crippen LogP contribution in [0.15, 0.2) is 194 Å². The molecule has 1 aliphatic carbocycles. The minimum absolute atomic E-state index is 0.00770. The third-order valence-electron chi connectivity index (χ3n) is 17.1. The highest BCUT2D eigenvalue weighted by Gasteiger charge is 2.47. The molecule has 77 heavy (non-hydrogen) atoms. The highest BCUT2D eigenvalue weighted by molar-refractivity contribution is 7.00. The van der Waals surface area contributed by atoms with Gasteiger partial charge in [0.15, 0.2) is 0 Å². The van der Waals surface area contributed by atoms with Crippen molar-refractivity contribution < 1.29 is 0 Å². The summed E-state index contributed by atoms with van der Waals surface area (Å²) in [6.45, 7) is 32.8. The van der Waals surface area contributed by atoms with E-state index in [0.717, 1.165) is 17.1 Å². The largest absolute Gasteiger partial charge is 0.311 e. The molecule has 2 heterocycles. The fourth-order valence-corrected chi connectivity index (χ4v) is 12.7. The predicted molar refractivity (Wildman–Crippen MR) is 333 cm³/mol. The predicted octanol–water partition coefficient (Wildman–Crippen LogP) is 18.4. The van der Waals surface area contributed by atoms with Crippen molar-refractivity contribution in [2.75, 3.05) is 14.7 Å². The molecular formula is C73H74BN3. The lowest BCUT2D eigenvalue weighted by molar-refractivity contribution is 0.589. The summed E-state index contributed by atoms with van der Waals surface area (Å²) < 4.78 is 0. The van der Waals surface area contributed by atoms with Gasteiger partial charge in [-0.1, -0.05) is 224 Å². The van der Waals surface area contributed by atoms with Gasteiger partial charge in [0, 0.05) is 50.8 Å². The van der Waals surface area contributed by atoms with Crippen molar-refractivity contribution in [1.29, 1.82) is 0 Å². The molecule has 3 aliphatic rings. The Balaban J connectivity index is 1.20. The Hall–Kier alpha value is -7.56. The highest BCUT2D eigenvalue weighted by Crippen LogP contribution is 2.56. The van der Waals surface area contributed by atoms with Crippen LogP contribution in [-0.4, -0.2) is 6.71 Å². The summed E-state index contributed by atoms with van der Waals surface area (Å²) >= 11 is 0. The summed E-state index contributed by atoms with van der Waals surface area (Å²) in [5.74, 6) is 0. The summed E-state index contributed by atoms with van der Waals surface area (Å²) in [5, 5.41) is 0. The first-order valence-electron chi connectivity index (χ1n) is 28.0. The lowest BCUT2D eigenvalue weighted by atomic mass is 9.33. The molecule has 9 aromatic rings. The van der Waals surface area contributed by atoms with Crippen LogP contribution in [0.25, 0.3) is 22.3 Å². The Morgan fingerprint density at radius 1 is 0.377 bits per heavy atom. The zero-order valence-corrected chi connectivity index (χ0v) is 47.9. The third kappa shape index (κ3) is 8.33. The lowest BCUT2D eigenvalue weighted by Crippen LogP contribution is -2.61. The molecule has 0 amide bonds. The Morgan fingerprint density at radius 2 is 0.922 bits per heavy atom. The first-order valence-corrected chi connectivity index (χ1v) is 28.0. The van der Waals surface area contributed by atoms with Crippen molar-refractivity contribution in [3.05, 3.63) is 228 Å². The number of nitrogens with zero attached hydrogens (tertiary/aromatic N) is 3. The minimum Gasteiger partial charge on any atom is -0.311 e. The van der Waals surface area contributed by atoms with Gasteiger partial charge in [0.25, 0.3) is 6.71 Å². The average Bonchev–Trinajstić information content (AvgIpc) is 3.69. The molecule has 0 saturated carbocycles. The van der Waals surface area contributed by atoms with E-state index in [1.165, 1.54) is 106 Å². The molecule has 0 spiro atoms. The summed E-state index contributed by atoms with van der Waals surface area (Å²) in [7, 11) is 0. The van der Waals surface area contributed by atoms with Gasteiger partial charge in [-0.05, 0) is 155 Å². The van der Waals surface area contributed by atoms with Crippen molar-refractivity contribution in [1.82, 2.24) is 0 Å². The van der Waals surface area contributed by atoms with E-state index in [2.05, 4.69) is 306 Å². The van der Waals surface area contributed by atoms with Crippen LogP contribution in [0, 0.1) is 0 Å². The second-order valence-electron chi connectivity index (χ2n) is 26.7. The smallest absolute Gasteiger partial charge is 0.252 e. The van der Waals surface area contributed by atoms with E-state index in [9.17, 15) is 0 Å². The monoisotopic (exact) mass is 1000 g/mol. The van der Waals surface area contributed by atoms with E-state index < -0.39 is 0 Å². The molecule has 3 nitrogen and oxygen atoms in total. The van der Waals surface area contributed by atoms with Crippen LogP contribution in [0.5, 0.6) is 0 Å². The van der Waals surface area contributed by atoms with Crippen LogP contribution in [0.1, 0.15) is 130 Å². The summed E-state index contributed by atoms with van der Waals surface area (Å²) in [6.07, 6.45) is 0. The van der Waals surface area contributed by atoms with Gasteiger partial charge >= 0.3 is 0 Å². The molecular weight excluding hydrogens is 930 g/mol. The maximum absolute atomic E-state index is 2.69. The summed E-state index contributed by atoms with van der Waals surface area (Å²) in [5.41, 5.74) is 27.1. The van der Waals surface area contributed by atoms with E-state index in [0.29, 0.717) is 0 Å². The molecule has 384 valence electrons. The van der Waals surface area contributed by atoms with Crippen molar-refractivity contribution in [2.24, 2.45) is 0 Å². The SMILES string of the molecule is CC(C)(C)c1ccc(N(c2ccc3c(c2)N(c2cccc4c2C(C)(C)c2ccccc2-4)c2cc(C(C)(C)C)cc4c2B3c2cc(C(C)(C)C)ccc2N4c2ccc(C(C)(C)C)cc2)c2ccccc2-c2ccccc2)cc1. The molecule has 0 radical (unpaired) electrons. The van der Waals surface area contributed by atoms with Gasteiger partial charge in [-0.25, -0.2) is 0 Å². The van der Waals surface area contributed by atoms with E-state index in [-0.39, 0.29) is 33.8 Å². The molecule has 0 fully saturated rings. The molecule has 9 aromatic carbocycles. The van der Waals surface area contributed by atoms with E-state index in [1.54, 1.807) is 0 Å². The van der Waals surface area contributed by atoms with E-state index in [1.807, 2.05) is 0 Å². The Kier molecular flexibility index (Phi) is 11.6. The van der Waals surface area contributed by atoms with Gasteiger partial charge in [0.1, 0.15) is 0 Å². The zero-order chi connectivity index (χ0) is 54.1. The number of hydrogen-bond donors (Lipinski definition) is 0. The summed E-state index contributed by atoms with van der Waals surface area (Å²) in [4.78, 5) is 7.79. The Bertz CT molecular complexity index is 3760. The quantitative estimate of drug-likeness (QED) is 0.154. The Morgan fingerprint density at radius 3 is 1.57 bits per heavy atom. The van der Waals surface area contributed by atoms with E-state index in [4.69, 9.17) is 0 Å². The number of hydrogen-bond acceptors (Lipinski definition) is 3. The first-order chi connectivity index (χ1) is 36.5. The topological polar surface area (TPSA) is 9.72 Å². The van der Waals surface area contributed by atoms with Crippen LogP contribution in [-0.2, 0) is 27.1 Å². The lowest BCUT2D eigenvalue weighted by Gasteiger charge is -2.46. The fraction of sp³-hybridized carbons (Fsp3) is 0.260. The molecule has 4 heteroatoms. The van der Waals surface area contributed by atoms with Gasteiger partial charge in [-0.15, -0.1) is 0 Å². The molecule has 0 N–H and O–H groups in total. The third-order valence-corrected chi connectivity index (χ3v) is 17.1. The molecule has 0 unspecified atom stereocenters. The van der Waals surface area contributed by atoms with Crippen LogP contribution in [0.3, 0.4) is 0 Å². The van der Waals surface area contributed by atoms with Crippen LogP contribution >= 0.6 is 0 Å². The minimum atomic E-state index is -0.274. The van der Waals surface area contributed by atoms with Gasteiger partial charge in [0.05, 0.1) is 11.4 Å². The van der Waals surface area contributed by atoms with E-state index >= 15 is 0 Å².